The number of aryl methyl sites for hydroxylation is 2. The first-order valence-corrected chi connectivity index (χ1v) is 8.12. The Morgan fingerprint density at radius 3 is 2.24 bits per heavy atom. The number of hydrogen-bond acceptors (Lipinski definition) is 2. The highest BCUT2D eigenvalue weighted by Crippen LogP contribution is 2.19. The molecule has 1 nitrogen and oxygen atoms in total. The molecule has 0 N–H and O–H groups in total. The van der Waals surface area contributed by atoms with Crippen molar-refractivity contribution in [3.8, 4) is 0 Å². The maximum Gasteiger partial charge on any atom is 0.185 e. The first-order valence-electron chi connectivity index (χ1n) is 7.13. The summed E-state index contributed by atoms with van der Waals surface area (Å²) in [6.07, 6.45) is 3.58. The van der Waals surface area contributed by atoms with Crippen molar-refractivity contribution in [2.45, 2.75) is 25.7 Å². The zero-order valence-electron chi connectivity index (χ0n) is 12.7. The Hall–Kier alpha value is -1.80. The third kappa shape index (κ3) is 4.08. The van der Waals surface area contributed by atoms with Crippen molar-refractivity contribution in [3.63, 3.8) is 0 Å². The fourth-order valence-corrected chi connectivity index (χ4v) is 2.89. The molecule has 0 aliphatic carbocycles. The van der Waals surface area contributed by atoms with Crippen LogP contribution >= 0.6 is 11.8 Å². The molecular weight excluding hydrogens is 276 g/mol. The van der Waals surface area contributed by atoms with Crippen LogP contribution in [-0.2, 0) is 0 Å². The number of ketones is 1. The third-order valence-corrected chi connectivity index (χ3v) is 4.29. The second-order valence-electron chi connectivity index (χ2n) is 4.96. The molecule has 0 radical (unpaired) electrons. The Morgan fingerprint density at radius 1 is 1.05 bits per heavy atom. The van der Waals surface area contributed by atoms with Gasteiger partial charge in [0.25, 0.3) is 0 Å². The van der Waals surface area contributed by atoms with Crippen LogP contribution in [-0.4, -0.2) is 11.5 Å². The van der Waals surface area contributed by atoms with Gasteiger partial charge in [0.2, 0.25) is 0 Å². The van der Waals surface area contributed by atoms with Gasteiger partial charge in [0.15, 0.2) is 5.78 Å². The smallest absolute Gasteiger partial charge is 0.185 e. The summed E-state index contributed by atoms with van der Waals surface area (Å²) in [6, 6.07) is 14.0. The van der Waals surface area contributed by atoms with E-state index in [-0.39, 0.29) is 5.78 Å². The first kappa shape index (κ1) is 15.6. The number of hydrogen-bond donors (Lipinski definition) is 0. The van der Waals surface area contributed by atoms with Gasteiger partial charge in [0.1, 0.15) is 0 Å². The second-order valence-corrected chi connectivity index (χ2v) is 6.30. The van der Waals surface area contributed by atoms with Gasteiger partial charge in [0, 0.05) is 10.5 Å². The fourth-order valence-electron chi connectivity index (χ4n) is 2.23. The molecule has 0 atom stereocenters. The van der Waals surface area contributed by atoms with Crippen LogP contribution in [0.25, 0.3) is 6.08 Å². The fraction of sp³-hybridized carbons (Fsp3) is 0.211. The van der Waals surface area contributed by atoms with E-state index in [0.29, 0.717) is 0 Å². The normalized spacial score (nSPS) is 11.0. The van der Waals surface area contributed by atoms with Crippen molar-refractivity contribution < 1.29 is 4.79 Å². The average Bonchev–Trinajstić information content (AvgIpc) is 2.47. The van der Waals surface area contributed by atoms with Crippen LogP contribution in [0.4, 0.5) is 0 Å². The molecule has 0 aliphatic rings. The summed E-state index contributed by atoms with van der Waals surface area (Å²) < 4.78 is 0. The minimum absolute atomic E-state index is 0.0469. The molecule has 0 aromatic heterocycles. The molecule has 0 fully saturated rings. The van der Waals surface area contributed by atoms with Crippen LogP contribution in [0.1, 0.15) is 34.0 Å². The quantitative estimate of drug-likeness (QED) is 0.422. The average molecular weight is 296 g/mol. The number of allylic oxidation sites excluding steroid dienone is 1. The van der Waals surface area contributed by atoms with Gasteiger partial charge < -0.3 is 0 Å². The highest BCUT2D eigenvalue weighted by Gasteiger charge is 2.03. The van der Waals surface area contributed by atoms with Crippen molar-refractivity contribution in [2.75, 3.05) is 5.75 Å². The molecule has 2 aromatic rings. The summed E-state index contributed by atoms with van der Waals surface area (Å²) in [5.74, 6) is 1.09. The lowest BCUT2D eigenvalue weighted by Crippen LogP contribution is -1.94. The standard InChI is InChI=1S/C19H20OS/c1-4-21-17-10-8-16(9-11-17)19(20)13-12-18-14(2)6-5-7-15(18)3/h5-13H,4H2,1-3H3/b13-12+. The predicted molar refractivity (Wildman–Crippen MR) is 92.1 cm³/mol. The van der Waals surface area contributed by atoms with Crippen molar-refractivity contribution in [2.24, 2.45) is 0 Å². The molecule has 0 aliphatic heterocycles. The monoisotopic (exact) mass is 296 g/mol. The van der Waals surface area contributed by atoms with Gasteiger partial charge in [-0.25, -0.2) is 0 Å². The molecule has 2 rings (SSSR count). The summed E-state index contributed by atoms with van der Waals surface area (Å²) in [5, 5.41) is 0. The Kier molecular flexibility index (Phi) is 5.40. The Morgan fingerprint density at radius 2 is 1.67 bits per heavy atom. The van der Waals surface area contributed by atoms with E-state index in [1.165, 1.54) is 16.0 Å². The van der Waals surface area contributed by atoms with E-state index < -0.39 is 0 Å². The number of rotatable bonds is 5. The highest BCUT2D eigenvalue weighted by atomic mass is 32.2. The lowest BCUT2D eigenvalue weighted by molar-refractivity contribution is 0.104. The van der Waals surface area contributed by atoms with Crippen LogP contribution < -0.4 is 0 Å². The molecule has 2 aromatic carbocycles. The van der Waals surface area contributed by atoms with Crippen LogP contribution in [0, 0.1) is 13.8 Å². The summed E-state index contributed by atoms with van der Waals surface area (Å²) in [6.45, 7) is 6.25. The zero-order valence-corrected chi connectivity index (χ0v) is 13.5. The third-order valence-electron chi connectivity index (χ3n) is 3.39. The van der Waals surface area contributed by atoms with E-state index in [2.05, 4.69) is 32.9 Å². The van der Waals surface area contributed by atoms with Crippen LogP contribution in [0.15, 0.2) is 53.4 Å². The van der Waals surface area contributed by atoms with Gasteiger partial charge >= 0.3 is 0 Å². The summed E-state index contributed by atoms with van der Waals surface area (Å²) in [5.41, 5.74) is 4.24. The molecule has 0 saturated heterocycles. The van der Waals surface area contributed by atoms with Gasteiger partial charge in [-0.15, -0.1) is 11.8 Å². The predicted octanol–water partition coefficient (Wildman–Crippen LogP) is 5.31. The van der Waals surface area contributed by atoms with E-state index in [1.54, 1.807) is 17.8 Å². The van der Waals surface area contributed by atoms with Gasteiger partial charge in [0.05, 0.1) is 0 Å². The molecule has 2 heteroatoms. The zero-order chi connectivity index (χ0) is 15.2. The summed E-state index contributed by atoms with van der Waals surface area (Å²) in [4.78, 5) is 13.4. The van der Waals surface area contributed by atoms with Gasteiger partial charge in [-0.3, -0.25) is 4.79 Å². The van der Waals surface area contributed by atoms with Gasteiger partial charge in [-0.2, -0.15) is 0 Å². The number of carbonyl (C=O) groups excluding carboxylic acids is 1. The Balaban J connectivity index is 2.15. The molecule has 0 saturated carbocycles. The lowest BCUT2D eigenvalue weighted by Gasteiger charge is -2.04. The molecule has 0 spiro atoms. The van der Waals surface area contributed by atoms with E-state index in [9.17, 15) is 4.79 Å². The van der Waals surface area contributed by atoms with Crippen molar-refractivity contribution >= 4 is 23.6 Å². The highest BCUT2D eigenvalue weighted by molar-refractivity contribution is 7.99. The molecule has 0 heterocycles. The van der Waals surface area contributed by atoms with Gasteiger partial charge in [-0.05, 0) is 66.6 Å². The maximum atomic E-state index is 12.2. The van der Waals surface area contributed by atoms with Gasteiger partial charge in [-0.1, -0.05) is 31.2 Å². The van der Waals surface area contributed by atoms with Crippen molar-refractivity contribution in [3.05, 3.63) is 70.8 Å². The van der Waals surface area contributed by atoms with Crippen LogP contribution in [0.2, 0.25) is 0 Å². The molecule has 0 amide bonds. The van der Waals surface area contributed by atoms with E-state index in [0.717, 1.165) is 16.9 Å². The lowest BCUT2D eigenvalue weighted by atomic mass is 10.0. The number of benzene rings is 2. The molecular formula is C19H20OS. The maximum absolute atomic E-state index is 12.2. The van der Waals surface area contributed by atoms with E-state index in [1.807, 2.05) is 36.4 Å². The Labute approximate surface area is 131 Å². The first-order chi connectivity index (χ1) is 10.1. The molecule has 0 unspecified atom stereocenters. The minimum atomic E-state index is 0.0469. The Bertz CT molecular complexity index is 634. The molecule has 108 valence electrons. The topological polar surface area (TPSA) is 17.1 Å². The molecule has 21 heavy (non-hydrogen) atoms. The SMILES string of the molecule is CCSc1ccc(C(=O)/C=C/c2c(C)cccc2C)cc1. The van der Waals surface area contributed by atoms with E-state index >= 15 is 0 Å². The molecule has 0 bridgehead atoms. The van der Waals surface area contributed by atoms with Crippen molar-refractivity contribution in [1.29, 1.82) is 0 Å². The van der Waals surface area contributed by atoms with Crippen LogP contribution in [0.3, 0.4) is 0 Å². The van der Waals surface area contributed by atoms with Crippen molar-refractivity contribution in [1.82, 2.24) is 0 Å². The minimum Gasteiger partial charge on any atom is -0.289 e. The van der Waals surface area contributed by atoms with Crippen LogP contribution in [0.5, 0.6) is 0 Å². The van der Waals surface area contributed by atoms with E-state index in [4.69, 9.17) is 0 Å². The number of thioether (sulfide) groups is 1. The largest absolute Gasteiger partial charge is 0.289 e. The summed E-state index contributed by atoms with van der Waals surface area (Å²) in [7, 11) is 0. The second kappa shape index (κ2) is 7.28. The summed E-state index contributed by atoms with van der Waals surface area (Å²) >= 11 is 1.78. The number of carbonyl (C=O) groups is 1.